The van der Waals surface area contributed by atoms with Gasteiger partial charge in [0.25, 0.3) is 5.56 Å². The van der Waals surface area contributed by atoms with Crippen molar-refractivity contribution in [3.05, 3.63) is 99.1 Å². The van der Waals surface area contributed by atoms with Gasteiger partial charge in [-0.05, 0) is 85.8 Å². The molecule has 6 nitrogen and oxygen atoms in total. The minimum absolute atomic E-state index is 0.148. The van der Waals surface area contributed by atoms with E-state index in [9.17, 15) is 9.59 Å². The smallest absolute Gasteiger partial charge is 0.314 e. The molecule has 4 rings (SSSR count). The molecule has 0 saturated carbocycles. The Kier molecular flexibility index (Phi) is 7.98. The number of aromatic nitrogens is 2. The van der Waals surface area contributed by atoms with E-state index in [2.05, 4.69) is 19.2 Å². The third-order valence-electron chi connectivity index (χ3n) is 6.53. The van der Waals surface area contributed by atoms with E-state index >= 15 is 0 Å². The van der Waals surface area contributed by atoms with Gasteiger partial charge in [-0.3, -0.25) is 9.36 Å². The van der Waals surface area contributed by atoms with E-state index in [0.29, 0.717) is 40.4 Å². The second-order valence-corrected chi connectivity index (χ2v) is 10.2. The number of para-hydroxylation sites is 1. The zero-order valence-electron chi connectivity index (χ0n) is 22.0. The van der Waals surface area contributed by atoms with Gasteiger partial charge in [-0.25, -0.2) is 9.78 Å². The summed E-state index contributed by atoms with van der Waals surface area (Å²) < 4.78 is 1.67. The zero-order chi connectivity index (χ0) is 26.7. The van der Waals surface area contributed by atoms with E-state index in [1.165, 1.54) is 0 Å². The van der Waals surface area contributed by atoms with E-state index in [1.54, 1.807) is 39.8 Å². The van der Waals surface area contributed by atoms with E-state index in [-0.39, 0.29) is 17.5 Å². The lowest BCUT2D eigenvalue weighted by atomic mass is 10.1. The molecule has 0 bridgehead atoms. The number of halogens is 1. The molecule has 37 heavy (non-hydrogen) atoms. The fraction of sp³-hybridized carbons (Fsp3) is 0.300. The highest BCUT2D eigenvalue weighted by atomic mass is 35.5. The second-order valence-electron chi connectivity index (χ2n) is 9.80. The number of carbonyl (C=O) groups excluding carboxylic acids is 1. The molecule has 0 aliphatic heterocycles. The number of fused-ring (bicyclic) bond motifs is 1. The lowest BCUT2D eigenvalue weighted by Gasteiger charge is -2.33. The van der Waals surface area contributed by atoms with Gasteiger partial charge in [0.1, 0.15) is 5.82 Å². The summed E-state index contributed by atoms with van der Waals surface area (Å²) in [5.74, 6) is 0.744. The van der Waals surface area contributed by atoms with Crippen LogP contribution >= 0.6 is 11.6 Å². The number of hydrogen-bond donors (Lipinski definition) is 1. The molecule has 0 fully saturated rings. The molecular formula is C30H33ClN4O2. The molecule has 0 spiro atoms. The van der Waals surface area contributed by atoms with Crippen LogP contribution in [0.5, 0.6) is 0 Å². The van der Waals surface area contributed by atoms with Crippen LogP contribution < -0.4 is 10.9 Å². The van der Waals surface area contributed by atoms with Crippen LogP contribution in [0.3, 0.4) is 0 Å². The van der Waals surface area contributed by atoms with Crippen LogP contribution in [0, 0.1) is 19.8 Å². The minimum Gasteiger partial charge on any atom is -0.314 e. The lowest BCUT2D eigenvalue weighted by molar-refractivity contribution is 0.171. The third-order valence-corrected chi connectivity index (χ3v) is 6.78. The van der Waals surface area contributed by atoms with Crippen LogP contribution in [0.2, 0.25) is 5.02 Å². The Hall–Kier alpha value is -3.64. The number of rotatable bonds is 7. The van der Waals surface area contributed by atoms with Gasteiger partial charge in [0.15, 0.2) is 0 Å². The fourth-order valence-corrected chi connectivity index (χ4v) is 4.63. The number of hydrogen-bond acceptors (Lipinski definition) is 3. The molecule has 192 valence electrons. The molecule has 0 radical (unpaired) electrons. The SMILES string of the molecule is CCC(c1nc2ccccc2c(=O)n1-c1ccc(C)c(C)c1)N(CC(C)C)C(=O)Nc1ccc(Cl)cc1. The highest BCUT2D eigenvalue weighted by Gasteiger charge is 2.30. The maximum Gasteiger partial charge on any atom is 0.322 e. The van der Waals surface area contributed by atoms with Gasteiger partial charge in [0.05, 0.1) is 22.6 Å². The Labute approximate surface area is 222 Å². The molecule has 1 atom stereocenters. The Morgan fingerprint density at radius 1 is 1.03 bits per heavy atom. The number of anilines is 1. The Morgan fingerprint density at radius 3 is 2.38 bits per heavy atom. The molecule has 2 amide bonds. The number of amides is 2. The Balaban J connectivity index is 1.89. The monoisotopic (exact) mass is 516 g/mol. The summed E-state index contributed by atoms with van der Waals surface area (Å²) in [6.45, 7) is 10.7. The molecule has 1 heterocycles. The molecule has 0 aliphatic carbocycles. The predicted octanol–water partition coefficient (Wildman–Crippen LogP) is 7.30. The summed E-state index contributed by atoms with van der Waals surface area (Å²) in [6, 6.07) is 19.7. The largest absolute Gasteiger partial charge is 0.322 e. The number of urea groups is 1. The first kappa shape index (κ1) is 26.4. The van der Waals surface area contributed by atoms with Gasteiger partial charge in [0, 0.05) is 17.3 Å². The topological polar surface area (TPSA) is 67.2 Å². The van der Waals surface area contributed by atoms with Crippen LogP contribution in [0.1, 0.15) is 50.2 Å². The van der Waals surface area contributed by atoms with Crippen LogP contribution in [-0.4, -0.2) is 27.0 Å². The van der Waals surface area contributed by atoms with Crippen molar-refractivity contribution in [1.29, 1.82) is 0 Å². The highest BCUT2D eigenvalue weighted by molar-refractivity contribution is 6.30. The highest BCUT2D eigenvalue weighted by Crippen LogP contribution is 2.28. The lowest BCUT2D eigenvalue weighted by Crippen LogP contribution is -2.42. The molecule has 4 aromatic rings. The van der Waals surface area contributed by atoms with E-state index in [4.69, 9.17) is 16.6 Å². The van der Waals surface area contributed by atoms with E-state index in [1.807, 2.05) is 57.2 Å². The summed E-state index contributed by atoms with van der Waals surface area (Å²) in [4.78, 5) is 34.3. The van der Waals surface area contributed by atoms with Gasteiger partial charge in [-0.2, -0.15) is 0 Å². The van der Waals surface area contributed by atoms with Crippen molar-refractivity contribution in [3.63, 3.8) is 0 Å². The molecule has 1 aromatic heterocycles. The molecule has 0 aliphatic rings. The summed E-state index contributed by atoms with van der Waals surface area (Å²) in [6.07, 6.45) is 0.580. The molecular weight excluding hydrogens is 484 g/mol. The van der Waals surface area contributed by atoms with Gasteiger partial charge in [-0.15, -0.1) is 0 Å². The third kappa shape index (κ3) is 5.70. The van der Waals surface area contributed by atoms with Crippen molar-refractivity contribution in [3.8, 4) is 5.69 Å². The molecule has 1 unspecified atom stereocenters. The zero-order valence-corrected chi connectivity index (χ0v) is 22.7. The van der Waals surface area contributed by atoms with Gasteiger partial charge in [0.2, 0.25) is 0 Å². The van der Waals surface area contributed by atoms with Gasteiger partial charge >= 0.3 is 6.03 Å². The number of aryl methyl sites for hydroxylation is 2. The van der Waals surface area contributed by atoms with Crippen molar-refractivity contribution in [2.24, 2.45) is 5.92 Å². The summed E-state index contributed by atoms with van der Waals surface area (Å²) >= 11 is 6.03. The Bertz CT molecular complexity index is 1480. The first-order valence-corrected chi connectivity index (χ1v) is 13.0. The predicted molar refractivity (Wildman–Crippen MR) is 152 cm³/mol. The van der Waals surface area contributed by atoms with Gasteiger partial charge in [-0.1, -0.05) is 50.6 Å². The first-order valence-electron chi connectivity index (χ1n) is 12.6. The molecule has 1 N–H and O–H groups in total. The molecule has 0 saturated heterocycles. The van der Waals surface area contributed by atoms with Crippen molar-refractivity contribution >= 4 is 34.2 Å². The standard InChI is InChI=1S/C30H33ClN4O2/c1-6-27(34(18-19(2)3)30(37)32-23-14-12-22(31)13-15-23)28-33-26-10-8-7-9-25(26)29(36)35(28)24-16-11-20(4)21(5)17-24/h7-17,19,27H,6,18H2,1-5H3,(H,32,37). The van der Waals surface area contributed by atoms with Crippen molar-refractivity contribution in [2.45, 2.75) is 47.1 Å². The van der Waals surface area contributed by atoms with Crippen LogP contribution in [0.4, 0.5) is 10.5 Å². The summed E-state index contributed by atoms with van der Waals surface area (Å²) in [5, 5.41) is 4.14. The Morgan fingerprint density at radius 2 is 1.73 bits per heavy atom. The quantitative estimate of drug-likeness (QED) is 0.280. The maximum absolute atomic E-state index is 13.9. The average molecular weight is 517 g/mol. The van der Waals surface area contributed by atoms with Crippen LogP contribution in [0.15, 0.2) is 71.5 Å². The average Bonchev–Trinajstić information content (AvgIpc) is 2.87. The number of nitrogens with one attached hydrogen (secondary N) is 1. The number of nitrogens with zero attached hydrogens (tertiary/aromatic N) is 3. The fourth-order valence-electron chi connectivity index (χ4n) is 4.50. The summed E-state index contributed by atoms with van der Waals surface area (Å²) in [5.41, 5.74) is 4.07. The first-order chi connectivity index (χ1) is 17.7. The van der Waals surface area contributed by atoms with Crippen molar-refractivity contribution in [1.82, 2.24) is 14.5 Å². The van der Waals surface area contributed by atoms with E-state index < -0.39 is 6.04 Å². The number of benzene rings is 3. The minimum atomic E-state index is -0.436. The van der Waals surface area contributed by atoms with Crippen molar-refractivity contribution in [2.75, 3.05) is 11.9 Å². The molecule has 7 heteroatoms. The van der Waals surface area contributed by atoms with Crippen LogP contribution in [-0.2, 0) is 0 Å². The van der Waals surface area contributed by atoms with Crippen molar-refractivity contribution < 1.29 is 4.79 Å². The van der Waals surface area contributed by atoms with E-state index in [0.717, 1.165) is 16.8 Å². The molecule has 3 aromatic carbocycles. The normalized spacial score (nSPS) is 12.1. The van der Waals surface area contributed by atoms with Crippen LogP contribution in [0.25, 0.3) is 16.6 Å². The van der Waals surface area contributed by atoms with Gasteiger partial charge < -0.3 is 10.2 Å². The summed E-state index contributed by atoms with van der Waals surface area (Å²) in [7, 11) is 0. The number of carbonyl (C=O) groups is 1. The second kappa shape index (κ2) is 11.2. The maximum atomic E-state index is 13.9.